The predicted octanol–water partition coefficient (Wildman–Crippen LogP) is 2.30. The van der Waals surface area contributed by atoms with Crippen molar-refractivity contribution < 1.29 is 22.9 Å². The number of alkyl halides is 3. The van der Waals surface area contributed by atoms with Gasteiger partial charge in [0.15, 0.2) is 0 Å². The first kappa shape index (κ1) is 21.9. The molecule has 0 saturated carbocycles. The molecule has 1 amide bonds. The zero-order chi connectivity index (χ0) is 17.6. The minimum Gasteiger partial charge on any atom is -0.379 e. The zero-order valence-electron chi connectivity index (χ0n) is 12.7. The second kappa shape index (κ2) is 9.28. The van der Waals surface area contributed by atoms with E-state index in [0.717, 1.165) is 12.1 Å². The lowest BCUT2D eigenvalue weighted by molar-refractivity contribution is -0.384. The molecule has 0 aliphatic carbocycles. The summed E-state index contributed by atoms with van der Waals surface area (Å²) in [6, 6.07) is 1.97. The number of nitro groups is 1. The lowest BCUT2D eigenvalue weighted by atomic mass is 10.1. The van der Waals surface area contributed by atoms with Crippen LogP contribution >= 0.6 is 12.4 Å². The summed E-state index contributed by atoms with van der Waals surface area (Å²) in [4.78, 5) is 21.5. The molecule has 1 aromatic carbocycles. The number of nitrogens with one attached hydrogen (secondary N) is 2. The van der Waals surface area contributed by atoms with Gasteiger partial charge in [0.2, 0.25) is 5.91 Å². The molecular formula is C13H18ClF3N4O3. The topological polar surface area (TPSA) is 110 Å². The number of hydrogen-bond acceptors (Lipinski definition) is 5. The van der Waals surface area contributed by atoms with Crippen molar-refractivity contribution in [3.63, 3.8) is 0 Å². The van der Waals surface area contributed by atoms with Crippen molar-refractivity contribution in [3.05, 3.63) is 33.9 Å². The van der Waals surface area contributed by atoms with E-state index in [1.165, 1.54) is 0 Å². The SMILES string of the molecule is C[C@@H](CN)NC(=O)CCNc1ccc(C(F)(F)F)cc1[N+](=O)[O-].Cl. The maximum atomic E-state index is 12.6. The smallest absolute Gasteiger partial charge is 0.379 e. The third-order valence-electron chi connectivity index (χ3n) is 2.95. The van der Waals surface area contributed by atoms with Gasteiger partial charge in [-0.2, -0.15) is 13.2 Å². The van der Waals surface area contributed by atoms with Gasteiger partial charge in [0.25, 0.3) is 5.69 Å². The Kier molecular flexibility index (Phi) is 8.48. The molecule has 1 aromatic rings. The highest BCUT2D eigenvalue weighted by Crippen LogP contribution is 2.34. The van der Waals surface area contributed by atoms with Gasteiger partial charge < -0.3 is 16.4 Å². The highest BCUT2D eigenvalue weighted by atomic mass is 35.5. The maximum absolute atomic E-state index is 12.6. The summed E-state index contributed by atoms with van der Waals surface area (Å²) in [7, 11) is 0. The van der Waals surface area contributed by atoms with E-state index in [2.05, 4.69) is 10.6 Å². The molecule has 0 aliphatic rings. The van der Waals surface area contributed by atoms with Gasteiger partial charge in [-0.25, -0.2) is 0 Å². The van der Waals surface area contributed by atoms with Crippen LogP contribution in [0.25, 0.3) is 0 Å². The number of carbonyl (C=O) groups is 1. The Morgan fingerprint density at radius 1 is 1.42 bits per heavy atom. The van der Waals surface area contributed by atoms with Gasteiger partial charge in [-0.15, -0.1) is 12.4 Å². The van der Waals surface area contributed by atoms with Gasteiger partial charge in [0, 0.05) is 31.6 Å². The van der Waals surface area contributed by atoms with E-state index in [4.69, 9.17) is 5.73 Å². The highest BCUT2D eigenvalue weighted by Gasteiger charge is 2.33. The van der Waals surface area contributed by atoms with E-state index < -0.39 is 22.4 Å². The fraction of sp³-hybridized carbons (Fsp3) is 0.462. The number of hydrogen-bond donors (Lipinski definition) is 3. The first-order chi connectivity index (χ1) is 10.6. The predicted molar refractivity (Wildman–Crippen MR) is 85.1 cm³/mol. The van der Waals surface area contributed by atoms with E-state index in [0.29, 0.717) is 6.07 Å². The fourth-order valence-electron chi connectivity index (χ4n) is 1.73. The number of rotatable bonds is 7. The molecular weight excluding hydrogens is 353 g/mol. The Hall–Kier alpha value is -2.07. The summed E-state index contributed by atoms with van der Waals surface area (Å²) in [6.07, 6.45) is -4.66. The van der Waals surface area contributed by atoms with Crippen molar-refractivity contribution in [1.29, 1.82) is 0 Å². The average Bonchev–Trinajstić information content (AvgIpc) is 2.45. The fourth-order valence-corrected chi connectivity index (χ4v) is 1.73. The van der Waals surface area contributed by atoms with Crippen molar-refractivity contribution in [2.45, 2.75) is 25.6 Å². The molecule has 7 nitrogen and oxygen atoms in total. The number of nitro benzene ring substituents is 1. The van der Waals surface area contributed by atoms with Crippen LogP contribution < -0.4 is 16.4 Å². The number of benzene rings is 1. The summed E-state index contributed by atoms with van der Waals surface area (Å²) >= 11 is 0. The van der Waals surface area contributed by atoms with Crippen molar-refractivity contribution in [1.82, 2.24) is 5.32 Å². The average molecular weight is 371 g/mol. The third-order valence-corrected chi connectivity index (χ3v) is 2.95. The van der Waals surface area contributed by atoms with Crippen LogP contribution in [0.5, 0.6) is 0 Å². The van der Waals surface area contributed by atoms with Crippen LogP contribution in [-0.4, -0.2) is 30.0 Å². The Bertz CT molecular complexity index is 584. The summed E-state index contributed by atoms with van der Waals surface area (Å²) in [6.45, 7) is 2.02. The molecule has 1 rings (SSSR count). The lowest BCUT2D eigenvalue weighted by Crippen LogP contribution is -2.38. The third kappa shape index (κ3) is 6.59. The molecule has 0 bridgehead atoms. The molecule has 1 atom stereocenters. The van der Waals surface area contributed by atoms with Crippen molar-refractivity contribution in [2.75, 3.05) is 18.4 Å². The minimum absolute atomic E-state index is 0. The molecule has 136 valence electrons. The van der Waals surface area contributed by atoms with Crippen LogP contribution in [0.15, 0.2) is 18.2 Å². The molecule has 0 aromatic heterocycles. The van der Waals surface area contributed by atoms with E-state index >= 15 is 0 Å². The van der Waals surface area contributed by atoms with E-state index in [1.807, 2.05) is 0 Å². The molecule has 0 spiro atoms. The molecule has 0 heterocycles. The van der Waals surface area contributed by atoms with Gasteiger partial charge in [-0.05, 0) is 19.1 Å². The molecule has 0 fully saturated rings. The largest absolute Gasteiger partial charge is 0.416 e. The van der Waals surface area contributed by atoms with Crippen LogP contribution in [0.2, 0.25) is 0 Å². The van der Waals surface area contributed by atoms with Gasteiger partial charge >= 0.3 is 6.18 Å². The summed E-state index contributed by atoms with van der Waals surface area (Å²) in [5.74, 6) is -0.315. The molecule has 0 saturated heterocycles. The van der Waals surface area contributed by atoms with Gasteiger partial charge in [0.1, 0.15) is 5.69 Å². The van der Waals surface area contributed by atoms with Gasteiger partial charge in [-0.1, -0.05) is 0 Å². The quantitative estimate of drug-likeness (QED) is 0.504. The minimum atomic E-state index is -4.67. The molecule has 24 heavy (non-hydrogen) atoms. The van der Waals surface area contributed by atoms with Crippen LogP contribution in [-0.2, 0) is 11.0 Å². The molecule has 0 aliphatic heterocycles. The van der Waals surface area contributed by atoms with Crippen LogP contribution in [0.3, 0.4) is 0 Å². The number of carbonyl (C=O) groups excluding carboxylic acids is 1. The summed E-state index contributed by atoms with van der Waals surface area (Å²) in [5.41, 5.74) is 3.46. The number of halogens is 4. The Morgan fingerprint density at radius 2 is 2.04 bits per heavy atom. The second-order valence-electron chi connectivity index (χ2n) is 4.87. The van der Waals surface area contributed by atoms with Crippen LogP contribution in [0.1, 0.15) is 18.9 Å². The number of amides is 1. The Morgan fingerprint density at radius 3 is 2.54 bits per heavy atom. The number of anilines is 1. The Labute approximate surface area is 142 Å². The first-order valence-electron chi connectivity index (χ1n) is 6.74. The molecule has 4 N–H and O–H groups in total. The van der Waals surface area contributed by atoms with Crippen molar-refractivity contribution >= 4 is 29.7 Å². The van der Waals surface area contributed by atoms with Gasteiger partial charge in [-0.3, -0.25) is 14.9 Å². The first-order valence-corrected chi connectivity index (χ1v) is 6.74. The number of nitrogens with zero attached hydrogens (tertiary/aromatic N) is 1. The van der Waals surface area contributed by atoms with E-state index in [1.54, 1.807) is 6.92 Å². The van der Waals surface area contributed by atoms with Crippen LogP contribution in [0.4, 0.5) is 24.5 Å². The van der Waals surface area contributed by atoms with Gasteiger partial charge in [0.05, 0.1) is 10.5 Å². The summed E-state index contributed by atoms with van der Waals surface area (Å²) < 4.78 is 37.7. The van der Waals surface area contributed by atoms with Crippen molar-refractivity contribution in [2.24, 2.45) is 5.73 Å². The molecule has 0 unspecified atom stereocenters. The monoisotopic (exact) mass is 370 g/mol. The van der Waals surface area contributed by atoms with Crippen molar-refractivity contribution in [3.8, 4) is 0 Å². The van der Waals surface area contributed by atoms with Crippen LogP contribution in [0, 0.1) is 10.1 Å². The standard InChI is InChI=1S/C13H17F3N4O3.ClH/c1-8(7-17)19-12(21)4-5-18-10-3-2-9(13(14,15)16)6-11(10)20(22)23;/h2-3,6,8,18H,4-5,7,17H2,1H3,(H,19,21);1H/t8-;/m0./s1. The molecule has 11 heteroatoms. The molecule has 0 radical (unpaired) electrons. The second-order valence-corrected chi connectivity index (χ2v) is 4.87. The van der Waals surface area contributed by atoms with E-state index in [-0.39, 0.29) is 49.6 Å². The van der Waals surface area contributed by atoms with E-state index in [9.17, 15) is 28.1 Å². The number of nitrogens with two attached hydrogens (primary N) is 1. The highest BCUT2D eigenvalue weighted by molar-refractivity contribution is 5.85. The Balaban J connectivity index is 0.00000529. The summed E-state index contributed by atoms with van der Waals surface area (Å²) in [5, 5.41) is 16.1. The lowest BCUT2D eigenvalue weighted by Gasteiger charge is -2.12. The zero-order valence-corrected chi connectivity index (χ0v) is 13.5. The maximum Gasteiger partial charge on any atom is 0.416 e. The normalized spacial score (nSPS) is 12.0.